The third-order valence-corrected chi connectivity index (χ3v) is 17.4. The maximum atomic E-state index is 12.2. The van der Waals surface area contributed by atoms with Crippen LogP contribution in [0.2, 0.25) is 5.16 Å². The lowest BCUT2D eigenvalue weighted by molar-refractivity contribution is -0.137. The Bertz CT molecular complexity index is 1700. The lowest BCUT2D eigenvalue weighted by atomic mass is 10.1. The molecule has 0 heterocycles. The Morgan fingerprint density at radius 3 is 1.45 bits per heavy atom. The number of carbonyl (C=O) groups is 1. The summed E-state index contributed by atoms with van der Waals surface area (Å²) in [7, 11) is -3.72. The summed E-state index contributed by atoms with van der Waals surface area (Å²) in [5, 5.41) is 11.1. The van der Waals surface area contributed by atoms with E-state index in [-0.39, 0.29) is 5.97 Å². The Labute approximate surface area is 251 Å². The highest BCUT2D eigenvalue weighted by Crippen LogP contribution is 2.24. The predicted octanol–water partition coefficient (Wildman–Crippen LogP) is 5.40. The Morgan fingerprint density at radius 2 is 1.00 bits per heavy atom. The van der Waals surface area contributed by atoms with E-state index in [9.17, 15) is 4.79 Å². The van der Waals surface area contributed by atoms with Crippen LogP contribution in [0.5, 0.6) is 0 Å². The monoisotopic (exact) mass is 578 g/mol. The van der Waals surface area contributed by atoms with Crippen molar-refractivity contribution in [2.75, 3.05) is 6.61 Å². The van der Waals surface area contributed by atoms with Crippen LogP contribution in [0.15, 0.2) is 158 Å². The maximum Gasteiger partial charge on any atom is 0.330 e. The second kappa shape index (κ2) is 13.0. The maximum absolute atomic E-state index is 12.2. The SMILES string of the molecule is C=CC(=O)OCCC([SiH](c1ccccc1)c1ccc2ccccc2c1)[SiH](c1ccccc1)c1ccc2ccccc2c1. The summed E-state index contributed by atoms with van der Waals surface area (Å²) in [4.78, 5) is 12.2. The van der Waals surface area contributed by atoms with E-state index in [4.69, 9.17) is 4.74 Å². The Hall–Kier alpha value is -4.52. The van der Waals surface area contributed by atoms with Crippen molar-refractivity contribution in [2.24, 2.45) is 0 Å². The molecular weight excluding hydrogens is 545 g/mol. The fourth-order valence-electron chi connectivity index (χ4n) is 6.38. The average molecular weight is 579 g/mol. The van der Waals surface area contributed by atoms with Crippen LogP contribution in [0.1, 0.15) is 6.42 Å². The zero-order valence-corrected chi connectivity index (χ0v) is 25.9. The Balaban J connectivity index is 1.56. The van der Waals surface area contributed by atoms with Crippen molar-refractivity contribution in [2.45, 2.75) is 11.6 Å². The molecule has 2 nitrogen and oxygen atoms in total. The molecule has 0 N–H and O–H groups in total. The summed E-state index contributed by atoms with van der Waals surface area (Å²) in [5.74, 6) is -0.360. The number of esters is 1. The first-order chi connectivity index (χ1) is 20.7. The van der Waals surface area contributed by atoms with E-state index in [1.165, 1.54) is 48.4 Å². The number of ether oxygens (including phenoxy) is 1. The Morgan fingerprint density at radius 1 is 0.571 bits per heavy atom. The molecule has 0 aliphatic carbocycles. The van der Waals surface area contributed by atoms with Crippen LogP contribution in [-0.4, -0.2) is 30.2 Å². The van der Waals surface area contributed by atoms with Crippen LogP contribution < -0.4 is 20.7 Å². The van der Waals surface area contributed by atoms with Crippen molar-refractivity contribution < 1.29 is 9.53 Å². The zero-order valence-electron chi connectivity index (χ0n) is 23.6. The quantitative estimate of drug-likeness (QED) is 0.124. The molecule has 0 aliphatic heterocycles. The molecule has 6 rings (SSSR count). The normalized spacial score (nSPS) is 13.3. The third-order valence-electron chi connectivity index (χ3n) is 8.30. The van der Waals surface area contributed by atoms with Gasteiger partial charge < -0.3 is 4.74 Å². The molecule has 2 atom stereocenters. The molecule has 0 amide bonds. The molecule has 0 aromatic heterocycles. The largest absolute Gasteiger partial charge is 0.463 e. The second-order valence-electron chi connectivity index (χ2n) is 10.8. The number of rotatable bonds is 10. The average Bonchev–Trinajstić information content (AvgIpc) is 3.05. The van der Waals surface area contributed by atoms with E-state index in [1.54, 1.807) is 0 Å². The lowest BCUT2D eigenvalue weighted by Gasteiger charge is -2.34. The van der Waals surface area contributed by atoms with E-state index in [2.05, 4.69) is 152 Å². The molecular formula is C38H34O2Si2. The third kappa shape index (κ3) is 6.05. The number of carbonyl (C=O) groups excluding carboxylic acids is 1. The first-order valence-electron chi connectivity index (χ1n) is 14.6. The highest BCUT2D eigenvalue weighted by molar-refractivity contribution is 7.02. The molecule has 42 heavy (non-hydrogen) atoms. The van der Waals surface area contributed by atoms with Gasteiger partial charge in [-0.3, -0.25) is 0 Å². The van der Waals surface area contributed by atoms with E-state index in [0.717, 1.165) is 6.42 Å². The van der Waals surface area contributed by atoms with Crippen molar-refractivity contribution in [1.29, 1.82) is 0 Å². The number of benzene rings is 6. The summed E-state index contributed by atoms with van der Waals surface area (Å²) in [6, 6.07) is 53.4. The number of fused-ring (bicyclic) bond motifs is 2. The molecule has 6 aromatic rings. The van der Waals surface area contributed by atoms with Gasteiger partial charge in [0.2, 0.25) is 0 Å². The molecule has 6 aromatic carbocycles. The highest BCUT2D eigenvalue weighted by atomic mass is 28.3. The fourth-order valence-corrected chi connectivity index (χ4v) is 16.9. The zero-order chi connectivity index (χ0) is 28.7. The molecule has 206 valence electrons. The molecule has 0 radical (unpaired) electrons. The smallest absolute Gasteiger partial charge is 0.330 e. The summed E-state index contributed by atoms with van der Waals surface area (Å²) >= 11 is 0. The van der Waals surface area contributed by atoms with Crippen LogP contribution in [0.25, 0.3) is 21.5 Å². The number of hydrogen-bond donors (Lipinski definition) is 0. The van der Waals surface area contributed by atoms with Crippen molar-refractivity contribution in [3.05, 3.63) is 158 Å². The van der Waals surface area contributed by atoms with E-state index >= 15 is 0 Å². The van der Waals surface area contributed by atoms with E-state index in [0.29, 0.717) is 11.8 Å². The molecule has 0 spiro atoms. The first kappa shape index (κ1) is 27.6. The van der Waals surface area contributed by atoms with Gasteiger partial charge in [0, 0.05) is 6.08 Å². The molecule has 2 unspecified atom stereocenters. The van der Waals surface area contributed by atoms with Gasteiger partial charge in [-0.2, -0.15) is 0 Å². The van der Waals surface area contributed by atoms with Crippen LogP contribution in [0, 0.1) is 0 Å². The van der Waals surface area contributed by atoms with Gasteiger partial charge in [0.25, 0.3) is 0 Å². The van der Waals surface area contributed by atoms with Gasteiger partial charge in [0.15, 0.2) is 0 Å². The molecule has 4 heteroatoms. The van der Waals surface area contributed by atoms with E-state index in [1.807, 2.05) is 0 Å². The predicted molar refractivity (Wildman–Crippen MR) is 183 cm³/mol. The fraction of sp³-hybridized carbons (Fsp3) is 0.0789. The van der Waals surface area contributed by atoms with Crippen LogP contribution in [0.4, 0.5) is 0 Å². The minimum absolute atomic E-state index is 0.356. The molecule has 0 bridgehead atoms. The van der Waals surface area contributed by atoms with Gasteiger partial charge in [-0.1, -0.05) is 173 Å². The van der Waals surface area contributed by atoms with Gasteiger partial charge in [0.1, 0.15) is 17.6 Å². The van der Waals surface area contributed by atoms with Crippen molar-refractivity contribution in [3.8, 4) is 0 Å². The van der Waals surface area contributed by atoms with Gasteiger partial charge in [0.05, 0.1) is 6.61 Å². The van der Waals surface area contributed by atoms with Crippen molar-refractivity contribution in [3.63, 3.8) is 0 Å². The highest BCUT2D eigenvalue weighted by Gasteiger charge is 2.36. The van der Waals surface area contributed by atoms with Crippen LogP contribution in [-0.2, 0) is 9.53 Å². The standard InChI is InChI=1S/C38H34O2Si2/c1-2-37(39)40-26-25-38(41(33-17-5-3-6-18-33)35-23-21-29-13-9-11-15-31(29)27-35)42(34-19-7-4-8-20-34)36-24-22-30-14-10-12-16-32(30)28-36/h2-24,27-28,38,41-42H,1,25-26H2. The molecule has 0 saturated carbocycles. The summed E-state index contributed by atoms with van der Waals surface area (Å²) in [6.45, 7) is 4.00. The van der Waals surface area contributed by atoms with E-state index < -0.39 is 17.6 Å². The van der Waals surface area contributed by atoms with Crippen molar-refractivity contribution in [1.82, 2.24) is 0 Å². The van der Waals surface area contributed by atoms with Gasteiger partial charge in [-0.15, -0.1) is 0 Å². The van der Waals surface area contributed by atoms with Gasteiger partial charge >= 0.3 is 5.97 Å². The first-order valence-corrected chi connectivity index (χ1v) is 18.2. The Kier molecular flexibility index (Phi) is 8.54. The second-order valence-corrected chi connectivity index (χ2v) is 17.9. The topological polar surface area (TPSA) is 26.3 Å². The molecule has 0 saturated heterocycles. The van der Waals surface area contributed by atoms with Crippen LogP contribution in [0.3, 0.4) is 0 Å². The van der Waals surface area contributed by atoms with Gasteiger partial charge in [-0.05, 0) is 33.1 Å². The molecule has 0 fully saturated rings. The van der Waals surface area contributed by atoms with Gasteiger partial charge in [-0.25, -0.2) is 4.79 Å². The summed E-state index contributed by atoms with van der Waals surface area (Å²) in [6.07, 6.45) is 2.07. The molecule has 0 aliphatic rings. The van der Waals surface area contributed by atoms with Crippen molar-refractivity contribution >= 4 is 65.9 Å². The summed E-state index contributed by atoms with van der Waals surface area (Å²) in [5.41, 5.74) is 0. The minimum atomic E-state index is -1.86. The number of hydrogen-bond acceptors (Lipinski definition) is 2. The summed E-state index contributed by atoms with van der Waals surface area (Å²) < 4.78 is 5.69. The minimum Gasteiger partial charge on any atom is -0.463 e. The van der Waals surface area contributed by atoms with Crippen LogP contribution >= 0.6 is 0 Å². The lowest BCUT2D eigenvalue weighted by Crippen LogP contribution is -2.58.